The first-order valence-corrected chi connectivity index (χ1v) is 8.76. The molecule has 5 heteroatoms. The molecule has 2 aromatic rings. The van der Waals surface area contributed by atoms with Crippen molar-refractivity contribution in [1.82, 2.24) is 0 Å². The van der Waals surface area contributed by atoms with Gasteiger partial charge in [0.25, 0.3) is 0 Å². The molecule has 2 aromatic carbocycles. The van der Waals surface area contributed by atoms with Crippen molar-refractivity contribution in [1.29, 1.82) is 0 Å². The molecule has 0 saturated heterocycles. The Hall–Kier alpha value is -1.33. The average Bonchev–Trinajstić information content (AvgIpc) is 2.32. The Morgan fingerprint density at radius 2 is 1.79 bits per heavy atom. The molecular weight excluding hydrogens is 326 g/mol. The van der Waals surface area contributed by atoms with E-state index in [-0.39, 0.29) is 0 Å². The summed E-state index contributed by atoms with van der Waals surface area (Å²) in [5.74, 6) is 1.46. The van der Waals surface area contributed by atoms with Gasteiger partial charge in [-0.25, -0.2) is 4.21 Å². The maximum absolute atomic E-state index is 11.6. The normalized spacial score (nSPS) is 11.1. The highest BCUT2D eigenvalue weighted by molar-refractivity contribution is 9.10. The number of rotatable bonds is 3. The van der Waals surface area contributed by atoms with Crippen molar-refractivity contribution in [2.24, 2.45) is 4.36 Å². The minimum Gasteiger partial charge on any atom is -0.456 e. The predicted molar refractivity (Wildman–Crippen MR) is 82.7 cm³/mol. The van der Waals surface area contributed by atoms with Crippen LogP contribution in [-0.4, -0.2) is 16.7 Å². The van der Waals surface area contributed by atoms with Crippen LogP contribution in [0.15, 0.2) is 57.4 Å². The van der Waals surface area contributed by atoms with Crippen molar-refractivity contribution in [3.63, 3.8) is 0 Å². The van der Waals surface area contributed by atoms with Crippen LogP contribution in [0.3, 0.4) is 0 Å². The molecular formula is C14H14BrNO2S. The van der Waals surface area contributed by atoms with Crippen LogP contribution in [0.5, 0.6) is 11.5 Å². The van der Waals surface area contributed by atoms with Gasteiger partial charge < -0.3 is 4.74 Å². The number of nitrogens with zero attached hydrogens (tertiary/aromatic N) is 1. The molecule has 0 bridgehead atoms. The SMILES string of the molecule is CS(C)(=O)=Nc1ccc(Oc2ccccc2)c(Br)c1. The zero-order chi connectivity index (χ0) is 13.9. The number of hydrogen-bond donors (Lipinski definition) is 0. The fourth-order valence-electron chi connectivity index (χ4n) is 1.50. The monoisotopic (exact) mass is 339 g/mol. The predicted octanol–water partition coefficient (Wildman–Crippen LogP) is 4.60. The fourth-order valence-corrected chi connectivity index (χ4v) is 2.57. The van der Waals surface area contributed by atoms with Crippen LogP contribution in [-0.2, 0) is 9.73 Å². The summed E-state index contributed by atoms with van der Waals surface area (Å²) in [4.78, 5) is 0. The van der Waals surface area contributed by atoms with Gasteiger partial charge in [0.1, 0.15) is 11.5 Å². The van der Waals surface area contributed by atoms with E-state index < -0.39 is 9.73 Å². The summed E-state index contributed by atoms with van der Waals surface area (Å²) in [5, 5.41) is 0. The molecule has 0 spiro atoms. The standard InChI is InChI=1S/C14H14BrNO2S/c1-19(2,17)16-11-8-9-14(13(15)10-11)18-12-6-4-3-5-7-12/h3-10H,1-2H3. The molecule has 0 amide bonds. The van der Waals surface area contributed by atoms with Gasteiger partial charge >= 0.3 is 0 Å². The molecule has 0 atom stereocenters. The Morgan fingerprint density at radius 1 is 1.11 bits per heavy atom. The molecule has 0 heterocycles. The summed E-state index contributed by atoms with van der Waals surface area (Å²) in [6.07, 6.45) is 3.21. The van der Waals surface area contributed by atoms with Gasteiger partial charge in [0, 0.05) is 22.2 Å². The number of benzene rings is 2. The van der Waals surface area contributed by atoms with Crippen LogP contribution in [0.25, 0.3) is 0 Å². The average molecular weight is 340 g/mol. The van der Waals surface area contributed by atoms with E-state index in [1.54, 1.807) is 30.7 Å². The van der Waals surface area contributed by atoms with E-state index >= 15 is 0 Å². The van der Waals surface area contributed by atoms with Crippen LogP contribution in [0.4, 0.5) is 5.69 Å². The Balaban J connectivity index is 2.28. The third-order valence-corrected chi connectivity index (χ3v) is 3.48. The zero-order valence-corrected chi connectivity index (χ0v) is 13.1. The molecule has 0 radical (unpaired) electrons. The zero-order valence-electron chi connectivity index (χ0n) is 10.7. The quantitative estimate of drug-likeness (QED) is 0.819. The highest BCUT2D eigenvalue weighted by Gasteiger charge is 2.04. The van der Waals surface area contributed by atoms with Crippen LogP contribution in [0.2, 0.25) is 0 Å². The van der Waals surface area contributed by atoms with Crippen molar-refractivity contribution < 1.29 is 8.95 Å². The maximum Gasteiger partial charge on any atom is 0.141 e. The highest BCUT2D eigenvalue weighted by Crippen LogP contribution is 2.33. The number of para-hydroxylation sites is 1. The van der Waals surface area contributed by atoms with Crippen molar-refractivity contribution in [3.05, 3.63) is 53.0 Å². The molecule has 0 aliphatic heterocycles. The first-order valence-electron chi connectivity index (χ1n) is 5.64. The number of halogens is 1. The molecule has 3 nitrogen and oxygen atoms in total. The summed E-state index contributed by atoms with van der Waals surface area (Å²) in [5.41, 5.74) is 0.669. The minimum atomic E-state index is -2.15. The Labute approximate surface area is 121 Å². The van der Waals surface area contributed by atoms with Crippen molar-refractivity contribution in [3.8, 4) is 11.5 Å². The van der Waals surface area contributed by atoms with Gasteiger partial charge in [0.15, 0.2) is 0 Å². The van der Waals surface area contributed by atoms with E-state index in [1.807, 2.05) is 30.3 Å². The second-order valence-corrected chi connectivity index (χ2v) is 7.70. The summed E-state index contributed by atoms with van der Waals surface area (Å²) < 4.78 is 22.3. The highest BCUT2D eigenvalue weighted by atomic mass is 79.9. The van der Waals surface area contributed by atoms with E-state index in [9.17, 15) is 4.21 Å². The van der Waals surface area contributed by atoms with Crippen LogP contribution < -0.4 is 4.74 Å². The Bertz CT molecular complexity index is 684. The third-order valence-electron chi connectivity index (χ3n) is 2.21. The molecule has 100 valence electrons. The number of hydrogen-bond acceptors (Lipinski definition) is 3. The van der Waals surface area contributed by atoms with E-state index in [4.69, 9.17) is 4.74 Å². The van der Waals surface area contributed by atoms with E-state index in [1.165, 1.54) is 0 Å². The van der Waals surface area contributed by atoms with Gasteiger partial charge in [0.05, 0.1) is 10.2 Å². The van der Waals surface area contributed by atoms with Crippen molar-refractivity contribution in [2.75, 3.05) is 12.5 Å². The number of ether oxygens (including phenoxy) is 1. The van der Waals surface area contributed by atoms with Gasteiger partial charge in [0.2, 0.25) is 0 Å². The second-order valence-electron chi connectivity index (χ2n) is 4.30. The van der Waals surface area contributed by atoms with Crippen molar-refractivity contribution in [2.45, 2.75) is 0 Å². The van der Waals surface area contributed by atoms with E-state index in [0.29, 0.717) is 11.4 Å². The summed E-state index contributed by atoms with van der Waals surface area (Å²) >= 11 is 3.43. The minimum absolute atomic E-state index is 0.669. The molecule has 19 heavy (non-hydrogen) atoms. The van der Waals surface area contributed by atoms with Crippen LogP contribution in [0.1, 0.15) is 0 Å². The van der Waals surface area contributed by atoms with E-state index in [2.05, 4.69) is 20.3 Å². The molecule has 2 rings (SSSR count). The third kappa shape index (κ3) is 4.36. The Kier molecular flexibility index (Phi) is 4.27. The first kappa shape index (κ1) is 14.1. The lowest BCUT2D eigenvalue weighted by atomic mass is 10.3. The molecule has 0 saturated carbocycles. The largest absolute Gasteiger partial charge is 0.456 e. The molecule has 0 aliphatic carbocycles. The van der Waals surface area contributed by atoms with Gasteiger partial charge in [-0.3, -0.25) is 0 Å². The van der Waals surface area contributed by atoms with Gasteiger partial charge in [-0.15, -0.1) is 0 Å². The molecule has 0 fully saturated rings. The van der Waals surface area contributed by atoms with E-state index in [0.717, 1.165) is 10.2 Å². The van der Waals surface area contributed by atoms with Crippen LogP contribution in [0, 0.1) is 0 Å². The smallest absolute Gasteiger partial charge is 0.141 e. The topological polar surface area (TPSA) is 38.7 Å². The summed E-state index contributed by atoms with van der Waals surface area (Å²) in [6, 6.07) is 14.9. The van der Waals surface area contributed by atoms with Crippen LogP contribution >= 0.6 is 15.9 Å². The first-order chi connectivity index (χ1) is 8.94. The fraction of sp³-hybridized carbons (Fsp3) is 0.143. The molecule has 0 unspecified atom stereocenters. The lowest BCUT2D eigenvalue weighted by molar-refractivity contribution is 0.479. The second kappa shape index (κ2) is 5.75. The van der Waals surface area contributed by atoms with Gasteiger partial charge in [-0.05, 0) is 46.3 Å². The molecule has 0 aromatic heterocycles. The van der Waals surface area contributed by atoms with Gasteiger partial charge in [-0.2, -0.15) is 4.36 Å². The maximum atomic E-state index is 11.6. The lowest BCUT2D eigenvalue weighted by Gasteiger charge is -2.08. The Morgan fingerprint density at radius 3 is 2.37 bits per heavy atom. The lowest BCUT2D eigenvalue weighted by Crippen LogP contribution is -1.89. The summed E-state index contributed by atoms with van der Waals surface area (Å²) in [7, 11) is -2.15. The van der Waals surface area contributed by atoms with Gasteiger partial charge in [-0.1, -0.05) is 18.2 Å². The summed E-state index contributed by atoms with van der Waals surface area (Å²) in [6.45, 7) is 0. The molecule has 0 N–H and O–H groups in total. The van der Waals surface area contributed by atoms with Crippen molar-refractivity contribution >= 4 is 31.3 Å². The molecule has 0 aliphatic rings.